The summed E-state index contributed by atoms with van der Waals surface area (Å²) in [4.78, 5) is 13.9. The lowest BCUT2D eigenvalue weighted by molar-refractivity contribution is -0.125. The molecule has 1 heterocycles. The molecule has 0 bridgehead atoms. The largest absolute Gasteiger partial charge is 0.394 e. The van der Waals surface area contributed by atoms with Crippen molar-refractivity contribution in [1.29, 1.82) is 0 Å². The molecule has 1 fully saturated rings. The Bertz CT molecular complexity index is 261. The molecule has 1 rings (SSSR count). The number of nitrogens with zero attached hydrogens (tertiary/aromatic N) is 1. The van der Waals surface area contributed by atoms with Gasteiger partial charge < -0.3 is 15.2 Å². The fraction of sp³-hybridized carbons (Fsp3) is 0.929. The van der Waals surface area contributed by atoms with Crippen molar-refractivity contribution in [3.05, 3.63) is 0 Å². The Morgan fingerprint density at radius 1 is 1.53 bits per heavy atom. The highest BCUT2D eigenvalue weighted by Gasteiger charge is 2.21. The second kappa shape index (κ2) is 9.28. The Kier molecular flexibility index (Phi) is 8.02. The van der Waals surface area contributed by atoms with Gasteiger partial charge in [-0.15, -0.1) is 0 Å². The number of hydrogen-bond acceptors (Lipinski definition) is 4. The van der Waals surface area contributed by atoms with Crippen LogP contribution >= 0.6 is 0 Å². The van der Waals surface area contributed by atoms with E-state index in [0.717, 1.165) is 13.0 Å². The molecule has 2 unspecified atom stereocenters. The van der Waals surface area contributed by atoms with Crippen LogP contribution in [0.15, 0.2) is 0 Å². The molecule has 112 valence electrons. The van der Waals surface area contributed by atoms with E-state index < -0.39 is 0 Å². The van der Waals surface area contributed by atoms with Gasteiger partial charge in [-0.05, 0) is 13.3 Å². The van der Waals surface area contributed by atoms with Gasteiger partial charge in [0.05, 0.1) is 25.9 Å². The molecular weight excluding hydrogens is 244 g/mol. The first kappa shape index (κ1) is 16.4. The highest BCUT2D eigenvalue weighted by atomic mass is 16.5. The highest BCUT2D eigenvalue weighted by Crippen LogP contribution is 2.05. The SMILES string of the molecule is CCCCCC(C)NC(=O)CN1CCOC(CO)C1. The van der Waals surface area contributed by atoms with E-state index in [4.69, 9.17) is 9.84 Å². The molecule has 1 aliphatic heterocycles. The zero-order valence-electron chi connectivity index (χ0n) is 12.2. The fourth-order valence-electron chi connectivity index (χ4n) is 2.33. The number of carbonyl (C=O) groups excluding carboxylic acids is 1. The highest BCUT2D eigenvalue weighted by molar-refractivity contribution is 5.78. The van der Waals surface area contributed by atoms with E-state index in [-0.39, 0.29) is 24.7 Å². The third-order valence-electron chi connectivity index (χ3n) is 3.44. The molecule has 19 heavy (non-hydrogen) atoms. The van der Waals surface area contributed by atoms with Crippen LogP contribution in [0, 0.1) is 0 Å². The van der Waals surface area contributed by atoms with Gasteiger partial charge in [0.1, 0.15) is 0 Å². The van der Waals surface area contributed by atoms with E-state index in [1.165, 1.54) is 19.3 Å². The van der Waals surface area contributed by atoms with Gasteiger partial charge in [0, 0.05) is 19.1 Å². The third-order valence-corrected chi connectivity index (χ3v) is 3.44. The molecule has 0 spiro atoms. The number of ether oxygens (including phenoxy) is 1. The zero-order valence-corrected chi connectivity index (χ0v) is 12.2. The van der Waals surface area contributed by atoms with Gasteiger partial charge in [0.25, 0.3) is 0 Å². The lowest BCUT2D eigenvalue weighted by Crippen LogP contribution is -2.49. The van der Waals surface area contributed by atoms with Gasteiger partial charge in [0.15, 0.2) is 0 Å². The van der Waals surface area contributed by atoms with Crippen molar-refractivity contribution in [2.24, 2.45) is 0 Å². The van der Waals surface area contributed by atoms with Crippen LogP contribution in [-0.4, -0.2) is 60.9 Å². The van der Waals surface area contributed by atoms with Gasteiger partial charge in [-0.2, -0.15) is 0 Å². The monoisotopic (exact) mass is 272 g/mol. The van der Waals surface area contributed by atoms with Crippen LogP contribution in [0.1, 0.15) is 39.5 Å². The van der Waals surface area contributed by atoms with Crippen LogP contribution in [0.3, 0.4) is 0 Å². The van der Waals surface area contributed by atoms with E-state index in [2.05, 4.69) is 19.2 Å². The molecule has 1 amide bonds. The molecule has 0 aromatic carbocycles. The number of hydrogen-bond donors (Lipinski definition) is 2. The van der Waals surface area contributed by atoms with Gasteiger partial charge in [-0.3, -0.25) is 9.69 Å². The first-order valence-electron chi connectivity index (χ1n) is 7.39. The summed E-state index contributed by atoms with van der Waals surface area (Å²) in [5.74, 6) is 0.0718. The normalized spacial score (nSPS) is 22.2. The molecule has 2 N–H and O–H groups in total. The quantitative estimate of drug-likeness (QED) is 0.641. The molecule has 0 radical (unpaired) electrons. The minimum atomic E-state index is -0.150. The second-order valence-electron chi connectivity index (χ2n) is 5.37. The number of aliphatic hydroxyl groups is 1. The number of nitrogens with one attached hydrogen (secondary N) is 1. The van der Waals surface area contributed by atoms with Gasteiger partial charge in [0.2, 0.25) is 5.91 Å². The number of carbonyl (C=O) groups is 1. The minimum Gasteiger partial charge on any atom is -0.394 e. The number of morpholine rings is 1. The average Bonchev–Trinajstić information content (AvgIpc) is 2.39. The number of unbranched alkanes of at least 4 members (excludes halogenated alkanes) is 2. The number of amides is 1. The summed E-state index contributed by atoms with van der Waals surface area (Å²) < 4.78 is 5.36. The smallest absolute Gasteiger partial charge is 0.234 e. The van der Waals surface area contributed by atoms with Crippen LogP contribution in [0.25, 0.3) is 0 Å². The van der Waals surface area contributed by atoms with Gasteiger partial charge in [-0.1, -0.05) is 26.2 Å². The van der Waals surface area contributed by atoms with Crippen molar-refractivity contribution in [1.82, 2.24) is 10.2 Å². The molecule has 0 aromatic heterocycles. The van der Waals surface area contributed by atoms with E-state index >= 15 is 0 Å². The lowest BCUT2D eigenvalue weighted by atomic mass is 10.1. The molecule has 0 aliphatic carbocycles. The van der Waals surface area contributed by atoms with Crippen LogP contribution in [0.2, 0.25) is 0 Å². The van der Waals surface area contributed by atoms with Gasteiger partial charge in [-0.25, -0.2) is 0 Å². The van der Waals surface area contributed by atoms with E-state index in [1.54, 1.807) is 0 Å². The molecule has 1 saturated heterocycles. The molecule has 0 aromatic rings. The maximum atomic E-state index is 11.9. The predicted octanol–water partition coefficient (Wildman–Crippen LogP) is 0.765. The molecular formula is C14H28N2O3. The van der Waals surface area contributed by atoms with E-state index in [9.17, 15) is 4.79 Å². The van der Waals surface area contributed by atoms with Crippen molar-refractivity contribution in [3.8, 4) is 0 Å². The summed E-state index contributed by atoms with van der Waals surface area (Å²) in [6.07, 6.45) is 4.49. The maximum Gasteiger partial charge on any atom is 0.234 e. The summed E-state index contributed by atoms with van der Waals surface area (Å²) >= 11 is 0. The Labute approximate surface area is 116 Å². The topological polar surface area (TPSA) is 61.8 Å². The van der Waals surface area contributed by atoms with E-state index in [0.29, 0.717) is 19.7 Å². The van der Waals surface area contributed by atoms with Crippen molar-refractivity contribution in [3.63, 3.8) is 0 Å². The number of rotatable bonds is 8. The van der Waals surface area contributed by atoms with Crippen LogP contribution in [0.5, 0.6) is 0 Å². The second-order valence-corrected chi connectivity index (χ2v) is 5.37. The molecule has 2 atom stereocenters. The maximum absolute atomic E-state index is 11.9. The van der Waals surface area contributed by atoms with Crippen molar-refractivity contribution >= 4 is 5.91 Å². The Morgan fingerprint density at radius 2 is 2.32 bits per heavy atom. The van der Waals surface area contributed by atoms with E-state index in [1.807, 2.05) is 4.90 Å². The average molecular weight is 272 g/mol. The lowest BCUT2D eigenvalue weighted by Gasteiger charge is -2.31. The van der Waals surface area contributed by atoms with Crippen LogP contribution in [-0.2, 0) is 9.53 Å². The Hall–Kier alpha value is -0.650. The predicted molar refractivity (Wildman–Crippen MR) is 75.0 cm³/mol. The Morgan fingerprint density at radius 3 is 3.00 bits per heavy atom. The summed E-state index contributed by atoms with van der Waals surface area (Å²) in [6.45, 7) is 6.64. The number of aliphatic hydroxyl groups excluding tert-OH is 1. The van der Waals surface area contributed by atoms with Crippen molar-refractivity contribution in [2.75, 3.05) is 32.8 Å². The van der Waals surface area contributed by atoms with Crippen LogP contribution in [0.4, 0.5) is 0 Å². The Balaban J connectivity index is 2.19. The third kappa shape index (κ3) is 6.89. The first-order chi connectivity index (χ1) is 9.15. The standard InChI is InChI=1S/C14H28N2O3/c1-3-4-5-6-12(2)15-14(18)10-16-7-8-19-13(9-16)11-17/h12-13,17H,3-11H2,1-2H3,(H,15,18). The van der Waals surface area contributed by atoms with Crippen molar-refractivity contribution in [2.45, 2.75) is 51.7 Å². The summed E-state index contributed by atoms with van der Waals surface area (Å²) in [5.41, 5.74) is 0. The molecule has 5 nitrogen and oxygen atoms in total. The van der Waals surface area contributed by atoms with Crippen molar-refractivity contribution < 1.29 is 14.6 Å². The molecule has 5 heteroatoms. The molecule has 0 saturated carbocycles. The molecule has 1 aliphatic rings. The summed E-state index contributed by atoms with van der Waals surface area (Å²) in [5, 5.41) is 12.1. The minimum absolute atomic E-state index is 0.0194. The first-order valence-corrected chi connectivity index (χ1v) is 7.39. The zero-order chi connectivity index (χ0) is 14.1. The summed E-state index contributed by atoms with van der Waals surface area (Å²) in [7, 11) is 0. The van der Waals surface area contributed by atoms with Gasteiger partial charge >= 0.3 is 0 Å². The summed E-state index contributed by atoms with van der Waals surface area (Å²) in [6, 6.07) is 0.244. The van der Waals surface area contributed by atoms with Crippen LogP contribution < -0.4 is 5.32 Å². The fourth-order valence-corrected chi connectivity index (χ4v) is 2.33.